The van der Waals surface area contributed by atoms with Crippen LogP contribution in [0.4, 0.5) is 18.0 Å². The van der Waals surface area contributed by atoms with Gasteiger partial charge in [-0.25, -0.2) is 4.79 Å². The molecule has 0 saturated heterocycles. The van der Waals surface area contributed by atoms with E-state index in [2.05, 4.69) is 10.6 Å². The fraction of sp³-hybridized carbons (Fsp3) is 0.833. The number of nitrogens with one attached hydrogen (secondary N) is 2. The van der Waals surface area contributed by atoms with Crippen molar-refractivity contribution in [1.29, 1.82) is 0 Å². The van der Waals surface area contributed by atoms with E-state index in [1.807, 2.05) is 0 Å². The molecule has 0 unspecified atom stereocenters. The van der Waals surface area contributed by atoms with Gasteiger partial charge in [-0.1, -0.05) is 0 Å². The highest BCUT2D eigenvalue weighted by molar-refractivity contribution is 5.74. The average molecular weight is 298 g/mol. The minimum Gasteiger partial charge on any atom is -0.481 e. The van der Waals surface area contributed by atoms with Crippen molar-refractivity contribution in [3.63, 3.8) is 0 Å². The number of hydrogen-bond donors (Lipinski definition) is 3. The average Bonchev–Trinajstić information content (AvgIpc) is 2.24. The molecule has 118 valence electrons. The van der Waals surface area contributed by atoms with Crippen molar-refractivity contribution in [3.8, 4) is 0 Å². The lowest BCUT2D eigenvalue weighted by Crippen LogP contribution is -2.48. The van der Waals surface area contributed by atoms with E-state index in [1.54, 1.807) is 13.8 Å². The molecule has 0 aliphatic carbocycles. The van der Waals surface area contributed by atoms with Gasteiger partial charge in [0.25, 0.3) is 0 Å². The number of carbonyl (C=O) groups is 2. The van der Waals surface area contributed by atoms with E-state index in [0.29, 0.717) is 0 Å². The number of aliphatic carboxylic acids is 1. The summed E-state index contributed by atoms with van der Waals surface area (Å²) in [7, 11) is 0. The largest absolute Gasteiger partial charge is 0.481 e. The van der Waals surface area contributed by atoms with Gasteiger partial charge in [-0.2, -0.15) is 13.2 Å². The van der Waals surface area contributed by atoms with Gasteiger partial charge in [-0.3, -0.25) is 4.79 Å². The molecule has 8 heteroatoms. The standard InChI is InChI=1S/C12H21F3N2O3/c1-11(2,7-5-9(18)19)17-10(20)16-8-4-3-6-12(13,14)15/h3-8H2,1-2H3,(H,18,19)(H2,16,17,20). The minimum atomic E-state index is -4.17. The summed E-state index contributed by atoms with van der Waals surface area (Å²) in [5.74, 6) is -0.951. The predicted molar refractivity (Wildman–Crippen MR) is 67.4 cm³/mol. The van der Waals surface area contributed by atoms with E-state index in [4.69, 9.17) is 5.11 Å². The number of halogens is 3. The smallest absolute Gasteiger partial charge is 0.389 e. The first-order valence-corrected chi connectivity index (χ1v) is 6.36. The molecule has 0 aromatic rings. The Bertz CT molecular complexity index is 330. The molecule has 0 aromatic carbocycles. The van der Waals surface area contributed by atoms with E-state index in [0.717, 1.165) is 0 Å². The van der Waals surface area contributed by atoms with Crippen molar-refractivity contribution < 1.29 is 27.9 Å². The van der Waals surface area contributed by atoms with Crippen LogP contribution in [0, 0.1) is 0 Å². The van der Waals surface area contributed by atoms with Gasteiger partial charge >= 0.3 is 18.2 Å². The number of hydrogen-bond acceptors (Lipinski definition) is 2. The number of carbonyl (C=O) groups excluding carboxylic acids is 1. The summed E-state index contributed by atoms with van der Waals surface area (Å²) in [6.07, 6.45) is -4.63. The maximum Gasteiger partial charge on any atom is 0.389 e. The molecule has 0 aliphatic heterocycles. The van der Waals surface area contributed by atoms with E-state index < -0.39 is 30.1 Å². The highest BCUT2D eigenvalue weighted by Crippen LogP contribution is 2.21. The van der Waals surface area contributed by atoms with E-state index in [1.165, 1.54) is 0 Å². The molecule has 0 aromatic heterocycles. The molecule has 0 saturated carbocycles. The van der Waals surface area contributed by atoms with Crippen LogP contribution in [0.3, 0.4) is 0 Å². The van der Waals surface area contributed by atoms with Gasteiger partial charge in [0.2, 0.25) is 0 Å². The molecule has 2 amide bonds. The molecule has 0 rings (SSSR count). The zero-order valence-electron chi connectivity index (χ0n) is 11.6. The van der Waals surface area contributed by atoms with Crippen LogP contribution in [0.5, 0.6) is 0 Å². The van der Waals surface area contributed by atoms with E-state index >= 15 is 0 Å². The zero-order valence-corrected chi connectivity index (χ0v) is 11.6. The SMILES string of the molecule is CC(C)(CCC(=O)O)NC(=O)NCCCCC(F)(F)F. The van der Waals surface area contributed by atoms with Crippen LogP contribution < -0.4 is 10.6 Å². The Balaban J connectivity index is 3.79. The molecule has 0 spiro atoms. The first kappa shape index (κ1) is 18.5. The van der Waals surface area contributed by atoms with Crippen LogP contribution in [0.2, 0.25) is 0 Å². The Hall–Kier alpha value is -1.47. The number of amides is 2. The van der Waals surface area contributed by atoms with Gasteiger partial charge in [-0.05, 0) is 33.1 Å². The quantitative estimate of drug-likeness (QED) is 0.603. The molecule has 0 radical (unpaired) electrons. The van der Waals surface area contributed by atoms with Gasteiger partial charge in [0.05, 0.1) is 0 Å². The zero-order chi connectivity index (χ0) is 15.8. The van der Waals surface area contributed by atoms with Crippen LogP contribution in [0.1, 0.15) is 46.0 Å². The number of rotatable bonds is 8. The molecule has 0 aliphatic rings. The molecule has 0 bridgehead atoms. The van der Waals surface area contributed by atoms with Gasteiger partial charge in [0.1, 0.15) is 0 Å². The van der Waals surface area contributed by atoms with Crippen molar-refractivity contribution >= 4 is 12.0 Å². The van der Waals surface area contributed by atoms with Crippen molar-refractivity contribution in [1.82, 2.24) is 10.6 Å². The van der Waals surface area contributed by atoms with Crippen molar-refractivity contribution in [2.45, 2.75) is 57.7 Å². The summed E-state index contributed by atoms with van der Waals surface area (Å²) in [5, 5.41) is 13.6. The fourth-order valence-electron chi connectivity index (χ4n) is 1.49. The lowest BCUT2D eigenvalue weighted by Gasteiger charge is -2.25. The Morgan fingerprint density at radius 3 is 2.20 bits per heavy atom. The van der Waals surface area contributed by atoms with Crippen LogP contribution in [0.15, 0.2) is 0 Å². The van der Waals surface area contributed by atoms with E-state index in [-0.39, 0.29) is 32.2 Å². The normalized spacial score (nSPS) is 12.1. The van der Waals surface area contributed by atoms with Gasteiger partial charge in [-0.15, -0.1) is 0 Å². The third-order valence-electron chi connectivity index (χ3n) is 2.59. The number of unbranched alkanes of at least 4 members (excludes halogenated alkanes) is 1. The topological polar surface area (TPSA) is 78.4 Å². The first-order chi connectivity index (χ1) is 9.02. The van der Waals surface area contributed by atoms with Crippen LogP contribution in [0.25, 0.3) is 0 Å². The molecule has 0 atom stereocenters. The minimum absolute atomic E-state index is 0.0355. The highest BCUT2D eigenvalue weighted by Gasteiger charge is 2.26. The summed E-state index contributed by atoms with van der Waals surface area (Å²) in [5.41, 5.74) is -0.686. The summed E-state index contributed by atoms with van der Waals surface area (Å²) < 4.78 is 35.6. The van der Waals surface area contributed by atoms with Crippen molar-refractivity contribution in [2.24, 2.45) is 0 Å². The maximum absolute atomic E-state index is 11.9. The summed E-state index contributed by atoms with van der Waals surface area (Å²) >= 11 is 0. The number of carboxylic acid groups (broad SMARTS) is 1. The Morgan fingerprint density at radius 1 is 1.10 bits per heavy atom. The lowest BCUT2D eigenvalue weighted by atomic mass is 9.99. The second-order valence-electron chi connectivity index (χ2n) is 5.23. The number of urea groups is 1. The second-order valence-corrected chi connectivity index (χ2v) is 5.23. The lowest BCUT2D eigenvalue weighted by molar-refractivity contribution is -0.137. The monoisotopic (exact) mass is 298 g/mol. The van der Waals surface area contributed by atoms with Crippen molar-refractivity contribution in [2.75, 3.05) is 6.54 Å². The summed E-state index contributed by atoms with van der Waals surface area (Å²) in [4.78, 5) is 21.9. The summed E-state index contributed by atoms with van der Waals surface area (Å²) in [6.45, 7) is 3.51. The van der Waals surface area contributed by atoms with Gasteiger partial charge < -0.3 is 15.7 Å². The van der Waals surface area contributed by atoms with Crippen LogP contribution in [-0.2, 0) is 4.79 Å². The van der Waals surface area contributed by atoms with Crippen LogP contribution >= 0.6 is 0 Å². The third-order valence-corrected chi connectivity index (χ3v) is 2.59. The second kappa shape index (κ2) is 7.96. The molecule has 3 N–H and O–H groups in total. The third kappa shape index (κ3) is 11.6. The fourth-order valence-corrected chi connectivity index (χ4v) is 1.49. The predicted octanol–water partition coefficient (Wildman–Crippen LogP) is 2.66. The first-order valence-electron chi connectivity index (χ1n) is 6.36. The molecular weight excluding hydrogens is 277 g/mol. The Morgan fingerprint density at radius 2 is 1.70 bits per heavy atom. The molecular formula is C12H21F3N2O3. The Labute approximate surface area is 115 Å². The Kier molecular flexibility index (Phi) is 7.38. The molecule has 0 heterocycles. The van der Waals surface area contributed by atoms with E-state index in [9.17, 15) is 22.8 Å². The molecule has 20 heavy (non-hydrogen) atoms. The highest BCUT2D eigenvalue weighted by atomic mass is 19.4. The van der Waals surface area contributed by atoms with Gasteiger partial charge in [0, 0.05) is 24.9 Å². The summed E-state index contributed by atoms with van der Waals surface area (Å²) in [6, 6.07) is -0.507. The molecule has 0 fully saturated rings. The van der Waals surface area contributed by atoms with Crippen LogP contribution in [-0.4, -0.2) is 35.4 Å². The number of carboxylic acids is 1. The number of alkyl halides is 3. The van der Waals surface area contributed by atoms with Crippen molar-refractivity contribution in [3.05, 3.63) is 0 Å². The van der Waals surface area contributed by atoms with Gasteiger partial charge in [0.15, 0.2) is 0 Å². The molecule has 5 nitrogen and oxygen atoms in total. The maximum atomic E-state index is 11.9.